The summed E-state index contributed by atoms with van der Waals surface area (Å²) < 4.78 is 13.0. The molecule has 0 bridgehead atoms. The molecule has 0 aromatic heterocycles. The lowest BCUT2D eigenvalue weighted by atomic mass is 10.0. The molecule has 1 heterocycles. The van der Waals surface area contributed by atoms with Crippen molar-refractivity contribution in [1.82, 2.24) is 10.2 Å². The van der Waals surface area contributed by atoms with Crippen LogP contribution in [0, 0.1) is 5.82 Å². The van der Waals surface area contributed by atoms with E-state index in [0.717, 1.165) is 44.2 Å². The first-order chi connectivity index (χ1) is 10.7. The maximum atomic E-state index is 13.0. The summed E-state index contributed by atoms with van der Waals surface area (Å²) in [6.45, 7) is 2.96. The SMILES string of the molecule is Cl.NCCCCNC(=O)C1CCCCN1Cc1ccc(F)cc1. The van der Waals surface area contributed by atoms with Crippen molar-refractivity contribution in [3.05, 3.63) is 35.6 Å². The quantitative estimate of drug-likeness (QED) is 0.748. The zero-order valence-electron chi connectivity index (χ0n) is 13.5. The summed E-state index contributed by atoms with van der Waals surface area (Å²) in [6, 6.07) is 6.46. The van der Waals surface area contributed by atoms with Gasteiger partial charge in [-0.1, -0.05) is 18.6 Å². The van der Waals surface area contributed by atoms with Gasteiger partial charge in [-0.2, -0.15) is 0 Å². The second-order valence-electron chi connectivity index (χ2n) is 5.90. The molecule has 0 spiro atoms. The normalized spacial score (nSPS) is 18.3. The van der Waals surface area contributed by atoms with Crippen molar-refractivity contribution in [1.29, 1.82) is 0 Å². The van der Waals surface area contributed by atoms with E-state index in [2.05, 4.69) is 10.2 Å². The van der Waals surface area contributed by atoms with Crippen LogP contribution in [-0.2, 0) is 11.3 Å². The van der Waals surface area contributed by atoms with Crippen LogP contribution in [0.5, 0.6) is 0 Å². The predicted molar refractivity (Wildman–Crippen MR) is 93.0 cm³/mol. The van der Waals surface area contributed by atoms with E-state index in [0.29, 0.717) is 19.6 Å². The molecule has 1 atom stereocenters. The molecule has 1 amide bonds. The van der Waals surface area contributed by atoms with Gasteiger partial charge in [0.2, 0.25) is 5.91 Å². The lowest BCUT2D eigenvalue weighted by molar-refractivity contribution is -0.127. The third-order valence-electron chi connectivity index (χ3n) is 4.15. The van der Waals surface area contributed by atoms with Gasteiger partial charge in [0, 0.05) is 13.1 Å². The van der Waals surface area contributed by atoms with E-state index in [4.69, 9.17) is 5.73 Å². The molecule has 0 radical (unpaired) electrons. The lowest BCUT2D eigenvalue weighted by Gasteiger charge is -2.34. The van der Waals surface area contributed by atoms with Crippen molar-refractivity contribution in [3.63, 3.8) is 0 Å². The van der Waals surface area contributed by atoms with E-state index in [-0.39, 0.29) is 30.2 Å². The van der Waals surface area contributed by atoms with E-state index in [1.54, 1.807) is 12.1 Å². The fourth-order valence-corrected chi connectivity index (χ4v) is 2.90. The van der Waals surface area contributed by atoms with E-state index >= 15 is 0 Å². The highest BCUT2D eigenvalue weighted by molar-refractivity contribution is 5.85. The number of unbranched alkanes of at least 4 members (excludes halogenated alkanes) is 1. The van der Waals surface area contributed by atoms with E-state index in [9.17, 15) is 9.18 Å². The average Bonchev–Trinajstić information content (AvgIpc) is 2.54. The number of carbonyl (C=O) groups is 1. The Hall–Kier alpha value is -1.17. The summed E-state index contributed by atoms with van der Waals surface area (Å²) in [7, 11) is 0. The number of halogens is 2. The fraction of sp³-hybridized carbons (Fsp3) is 0.588. The van der Waals surface area contributed by atoms with Crippen LogP contribution in [0.15, 0.2) is 24.3 Å². The molecule has 1 unspecified atom stereocenters. The van der Waals surface area contributed by atoms with Gasteiger partial charge in [-0.3, -0.25) is 9.69 Å². The van der Waals surface area contributed by atoms with Gasteiger partial charge in [-0.05, 0) is 56.5 Å². The van der Waals surface area contributed by atoms with Crippen molar-refractivity contribution >= 4 is 18.3 Å². The molecule has 6 heteroatoms. The molecule has 3 N–H and O–H groups in total. The summed E-state index contributed by atoms with van der Waals surface area (Å²) in [5.41, 5.74) is 6.50. The molecule has 1 aliphatic heterocycles. The minimum atomic E-state index is -0.225. The molecule has 130 valence electrons. The lowest BCUT2D eigenvalue weighted by Crippen LogP contribution is -2.49. The second-order valence-corrected chi connectivity index (χ2v) is 5.90. The van der Waals surface area contributed by atoms with Gasteiger partial charge >= 0.3 is 0 Å². The first-order valence-electron chi connectivity index (χ1n) is 8.17. The van der Waals surface area contributed by atoms with Gasteiger partial charge in [-0.15, -0.1) is 12.4 Å². The monoisotopic (exact) mass is 343 g/mol. The van der Waals surface area contributed by atoms with Crippen LogP contribution < -0.4 is 11.1 Å². The van der Waals surface area contributed by atoms with Gasteiger partial charge in [0.05, 0.1) is 6.04 Å². The van der Waals surface area contributed by atoms with Crippen LogP contribution in [0.2, 0.25) is 0 Å². The third-order valence-corrected chi connectivity index (χ3v) is 4.15. The third kappa shape index (κ3) is 6.45. The highest BCUT2D eigenvalue weighted by Gasteiger charge is 2.28. The van der Waals surface area contributed by atoms with Crippen LogP contribution in [0.4, 0.5) is 4.39 Å². The standard InChI is InChI=1S/C17H26FN3O.ClH/c18-15-8-6-14(7-9-15)13-21-12-4-1-5-16(21)17(22)20-11-3-2-10-19;/h6-9,16H,1-5,10-13,19H2,(H,20,22);1H. The zero-order valence-corrected chi connectivity index (χ0v) is 14.3. The number of nitrogens with one attached hydrogen (secondary N) is 1. The minimum Gasteiger partial charge on any atom is -0.355 e. The molecule has 2 rings (SSSR count). The van der Waals surface area contributed by atoms with E-state index < -0.39 is 0 Å². The molecule has 1 fully saturated rings. The Morgan fingerprint density at radius 3 is 2.70 bits per heavy atom. The molecule has 23 heavy (non-hydrogen) atoms. The Morgan fingerprint density at radius 2 is 2.00 bits per heavy atom. The Bertz CT molecular complexity index is 469. The Labute approximate surface area is 144 Å². The minimum absolute atomic E-state index is 0. The number of amides is 1. The van der Waals surface area contributed by atoms with Crippen molar-refractivity contribution < 1.29 is 9.18 Å². The summed E-state index contributed by atoms with van der Waals surface area (Å²) in [5.74, 6) is -0.115. The first-order valence-corrected chi connectivity index (χ1v) is 8.17. The summed E-state index contributed by atoms with van der Waals surface area (Å²) in [6.07, 6.45) is 4.94. The summed E-state index contributed by atoms with van der Waals surface area (Å²) in [4.78, 5) is 14.6. The largest absolute Gasteiger partial charge is 0.355 e. The first kappa shape index (κ1) is 19.9. The topological polar surface area (TPSA) is 58.4 Å². The molecule has 1 aliphatic rings. The zero-order chi connectivity index (χ0) is 15.8. The number of hydrogen-bond acceptors (Lipinski definition) is 3. The van der Waals surface area contributed by atoms with Crippen LogP contribution in [-0.4, -0.2) is 36.5 Å². The molecule has 0 saturated carbocycles. The van der Waals surface area contributed by atoms with E-state index in [1.807, 2.05) is 0 Å². The van der Waals surface area contributed by atoms with Gasteiger partial charge in [0.15, 0.2) is 0 Å². The number of benzene rings is 1. The van der Waals surface area contributed by atoms with Gasteiger partial charge in [0.1, 0.15) is 5.82 Å². The van der Waals surface area contributed by atoms with Crippen molar-refractivity contribution in [2.75, 3.05) is 19.6 Å². The van der Waals surface area contributed by atoms with Crippen molar-refractivity contribution in [2.24, 2.45) is 5.73 Å². The Balaban J connectivity index is 0.00000264. The number of carbonyl (C=O) groups excluding carboxylic acids is 1. The molecule has 4 nitrogen and oxygen atoms in total. The number of nitrogens with two attached hydrogens (primary N) is 1. The van der Waals surface area contributed by atoms with Crippen LogP contribution in [0.1, 0.15) is 37.7 Å². The van der Waals surface area contributed by atoms with Crippen LogP contribution in [0.3, 0.4) is 0 Å². The number of rotatable bonds is 7. The van der Waals surface area contributed by atoms with Crippen molar-refractivity contribution in [2.45, 2.75) is 44.7 Å². The fourth-order valence-electron chi connectivity index (χ4n) is 2.90. The highest BCUT2D eigenvalue weighted by atomic mass is 35.5. The van der Waals surface area contributed by atoms with E-state index in [1.165, 1.54) is 12.1 Å². The molecule has 1 saturated heterocycles. The number of likely N-dealkylation sites (tertiary alicyclic amines) is 1. The average molecular weight is 344 g/mol. The maximum absolute atomic E-state index is 13.0. The predicted octanol–water partition coefficient (Wildman–Crippen LogP) is 2.46. The number of hydrogen-bond donors (Lipinski definition) is 2. The molecule has 1 aromatic rings. The Kier molecular flexibility index (Phi) is 9.14. The van der Waals surface area contributed by atoms with Crippen LogP contribution >= 0.6 is 12.4 Å². The van der Waals surface area contributed by atoms with Crippen molar-refractivity contribution in [3.8, 4) is 0 Å². The molecular weight excluding hydrogens is 317 g/mol. The van der Waals surface area contributed by atoms with Gasteiger partial charge < -0.3 is 11.1 Å². The molecule has 0 aliphatic carbocycles. The second kappa shape index (κ2) is 10.6. The molecular formula is C17H27ClFN3O. The van der Waals surface area contributed by atoms with Gasteiger partial charge in [0.25, 0.3) is 0 Å². The Morgan fingerprint density at radius 1 is 1.26 bits per heavy atom. The number of piperidine rings is 1. The summed E-state index contributed by atoms with van der Waals surface area (Å²) in [5, 5.41) is 3.02. The molecule has 1 aromatic carbocycles. The number of nitrogens with zero attached hydrogens (tertiary/aromatic N) is 1. The van der Waals surface area contributed by atoms with Crippen LogP contribution in [0.25, 0.3) is 0 Å². The maximum Gasteiger partial charge on any atom is 0.237 e. The van der Waals surface area contributed by atoms with Gasteiger partial charge in [-0.25, -0.2) is 4.39 Å². The smallest absolute Gasteiger partial charge is 0.237 e. The highest BCUT2D eigenvalue weighted by Crippen LogP contribution is 2.20. The summed E-state index contributed by atoms with van der Waals surface area (Å²) >= 11 is 0.